The number of benzene rings is 2. The maximum atomic E-state index is 13.4. The molecule has 2 aromatic rings. The number of hydrogen-bond donors (Lipinski definition) is 0. The highest BCUT2D eigenvalue weighted by Crippen LogP contribution is 2.44. The summed E-state index contributed by atoms with van der Waals surface area (Å²) in [6.07, 6.45) is 4.74. The summed E-state index contributed by atoms with van der Waals surface area (Å²) >= 11 is 0. The van der Waals surface area contributed by atoms with E-state index < -0.39 is 5.97 Å². The average molecular weight is 395 g/mol. The summed E-state index contributed by atoms with van der Waals surface area (Å²) in [6.45, 7) is 0.727. The van der Waals surface area contributed by atoms with Crippen LogP contribution in [0.3, 0.4) is 0 Å². The molecule has 0 saturated carbocycles. The van der Waals surface area contributed by atoms with Crippen molar-refractivity contribution in [3.05, 3.63) is 76.8 Å². The maximum absolute atomic E-state index is 13.4. The molecule has 29 heavy (non-hydrogen) atoms. The lowest BCUT2D eigenvalue weighted by Gasteiger charge is -2.37. The molecule has 150 valence electrons. The topological polar surface area (TPSA) is 48.0 Å². The third-order valence-corrected chi connectivity index (χ3v) is 5.43. The number of ether oxygens (including phenoxy) is 3. The van der Waals surface area contributed by atoms with Crippen molar-refractivity contribution in [1.82, 2.24) is 4.90 Å². The van der Waals surface area contributed by atoms with Gasteiger partial charge in [0, 0.05) is 24.2 Å². The molecule has 2 heterocycles. The van der Waals surface area contributed by atoms with Crippen LogP contribution in [0.1, 0.15) is 22.6 Å². The molecule has 2 aliphatic heterocycles. The largest absolute Gasteiger partial charge is 0.493 e. The van der Waals surface area contributed by atoms with E-state index in [1.54, 1.807) is 26.4 Å². The van der Waals surface area contributed by atoms with Gasteiger partial charge in [0.15, 0.2) is 11.5 Å². The Labute approximate surface area is 169 Å². The van der Waals surface area contributed by atoms with Crippen molar-refractivity contribution in [2.24, 2.45) is 0 Å². The van der Waals surface area contributed by atoms with Crippen LogP contribution in [-0.4, -0.2) is 38.7 Å². The number of carbonyl (C=O) groups excluding carboxylic acids is 1. The van der Waals surface area contributed by atoms with Crippen LogP contribution >= 0.6 is 0 Å². The van der Waals surface area contributed by atoms with Crippen LogP contribution in [-0.2, 0) is 16.0 Å². The van der Waals surface area contributed by atoms with Gasteiger partial charge in [-0.25, -0.2) is 9.18 Å². The van der Waals surface area contributed by atoms with Crippen molar-refractivity contribution in [2.75, 3.05) is 27.9 Å². The van der Waals surface area contributed by atoms with E-state index in [-0.39, 0.29) is 11.7 Å². The van der Waals surface area contributed by atoms with E-state index in [0.717, 1.165) is 35.4 Å². The van der Waals surface area contributed by atoms with Gasteiger partial charge in [0.05, 0.1) is 32.6 Å². The third kappa shape index (κ3) is 3.24. The smallest absolute Gasteiger partial charge is 0.336 e. The van der Waals surface area contributed by atoms with Gasteiger partial charge in [-0.1, -0.05) is 18.2 Å². The molecule has 0 aromatic heterocycles. The first-order chi connectivity index (χ1) is 14.1. The van der Waals surface area contributed by atoms with E-state index in [0.29, 0.717) is 17.1 Å². The monoisotopic (exact) mass is 395 g/mol. The second kappa shape index (κ2) is 7.62. The minimum Gasteiger partial charge on any atom is -0.493 e. The molecule has 1 atom stereocenters. The molecule has 5 nitrogen and oxygen atoms in total. The standard InChI is InChI=1S/C23H22FNO4/c1-27-19-12-15-8-10-25-11-9-17(14-4-6-16(24)7-5-14)21(23(26)29-3)22(25)18(15)13-20(19)28-2/h4-7,9,11-13,17H,8,10H2,1-3H3/t17-/m0/s1. The molecule has 2 aromatic carbocycles. The molecule has 0 spiro atoms. The fourth-order valence-electron chi connectivity index (χ4n) is 4.02. The van der Waals surface area contributed by atoms with Crippen molar-refractivity contribution in [2.45, 2.75) is 12.3 Å². The fraction of sp³-hybridized carbons (Fsp3) is 0.261. The summed E-state index contributed by atoms with van der Waals surface area (Å²) in [5.41, 5.74) is 4.11. The van der Waals surface area contributed by atoms with Crippen molar-refractivity contribution in [1.29, 1.82) is 0 Å². The quantitative estimate of drug-likeness (QED) is 0.735. The van der Waals surface area contributed by atoms with Gasteiger partial charge in [0.1, 0.15) is 5.82 Å². The van der Waals surface area contributed by atoms with Crippen molar-refractivity contribution >= 4 is 11.7 Å². The predicted molar refractivity (Wildman–Crippen MR) is 107 cm³/mol. The normalized spacial score (nSPS) is 17.5. The van der Waals surface area contributed by atoms with Gasteiger partial charge in [0.2, 0.25) is 0 Å². The number of methoxy groups -OCH3 is 3. The molecule has 0 amide bonds. The molecule has 0 aliphatic carbocycles. The lowest BCUT2D eigenvalue weighted by molar-refractivity contribution is -0.136. The van der Waals surface area contributed by atoms with Crippen molar-refractivity contribution in [3.63, 3.8) is 0 Å². The van der Waals surface area contributed by atoms with Gasteiger partial charge in [-0.05, 0) is 41.8 Å². The Hall–Kier alpha value is -3.28. The maximum Gasteiger partial charge on any atom is 0.336 e. The lowest BCUT2D eigenvalue weighted by Crippen LogP contribution is -2.32. The molecule has 0 saturated heterocycles. The van der Waals surface area contributed by atoms with Gasteiger partial charge in [-0.2, -0.15) is 0 Å². The van der Waals surface area contributed by atoms with E-state index in [1.807, 2.05) is 24.4 Å². The summed E-state index contributed by atoms with van der Waals surface area (Å²) in [7, 11) is 4.56. The molecule has 6 heteroatoms. The highest BCUT2D eigenvalue weighted by molar-refractivity contribution is 6.01. The zero-order valence-electron chi connectivity index (χ0n) is 16.6. The first-order valence-electron chi connectivity index (χ1n) is 9.35. The molecule has 0 radical (unpaired) electrons. The van der Waals surface area contributed by atoms with Crippen LogP contribution in [0.15, 0.2) is 54.2 Å². The summed E-state index contributed by atoms with van der Waals surface area (Å²) < 4.78 is 29.5. The molecule has 4 rings (SSSR count). The fourth-order valence-corrected chi connectivity index (χ4v) is 4.02. The molecule has 0 N–H and O–H groups in total. The molecule has 0 unspecified atom stereocenters. The number of esters is 1. The summed E-state index contributed by atoms with van der Waals surface area (Å²) in [4.78, 5) is 14.9. The number of fused-ring (bicyclic) bond motifs is 3. The van der Waals surface area contributed by atoms with Crippen LogP contribution in [0.2, 0.25) is 0 Å². The van der Waals surface area contributed by atoms with Crippen LogP contribution in [0.5, 0.6) is 11.5 Å². The Morgan fingerprint density at radius 1 is 1.07 bits per heavy atom. The molecule has 2 aliphatic rings. The van der Waals surface area contributed by atoms with Gasteiger partial charge >= 0.3 is 5.97 Å². The Morgan fingerprint density at radius 2 is 1.76 bits per heavy atom. The summed E-state index contributed by atoms with van der Waals surface area (Å²) in [5.74, 6) is 0.181. The number of nitrogens with zero attached hydrogens (tertiary/aromatic N) is 1. The number of hydrogen-bond acceptors (Lipinski definition) is 5. The summed E-state index contributed by atoms with van der Waals surface area (Å²) in [6, 6.07) is 10.1. The van der Waals surface area contributed by atoms with Gasteiger partial charge in [0.25, 0.3) is 0 Å². The highest BCUT2D eigenvalue weighted by atomic mass is 19.1. The van der Waals surface area contributed by atoms with Gasteiger partial charge in [-0.15, -0.1) is 0 Å². The van der Waals surface area contributed by atoms with Crippen molar-refractivity contribution < 1.29 is 23.4 Å². The van der Waals surface area contributed by atoms with E-state index in [4.69, 9.17) is 14.2 Å². The Morgan fingerprint density at radius 3 is 2.41 bits per heavy atom. The van der Waals surface area contributed by atoms with E-state index in [9.17, 15) is 9.18 Å². The number of carbonyl (C=O) groups is 1. The van der Waals surface area contributed by atoms with Crippen LogP contribution in [0.4, 0.5) is 4.39 Å². The van der Waals surface area contributed by atoms with Crippen LogP contribution in [0, 0.1) is 5.82 Å². The zero-order chi connectivity index (χ0) is 20.5. The highest BCUT2D eigenvalue weighted by Gasteiger charge is 2.35. The Kier molecular flexibility index (Phi) is 5.01. The minimum absolute atomic E-state index is 0.317. The van der Waals surface area contributed by atoms with E-state index >= 15 is 0 Å². The van der Waals surface area contributed by atoms with E-state index in [1.165, 1.54) is 19.2 Å². The number of halogens is 1. The van der Waals surface area contributed by atoms with Crippen molar-refractivity contribution in [3.8, 4) is 11.5 Å². The Bertz CT molecular complexity index is 1010. The number of allylic oxidation sites excluding steroid dienone is 1. The molecular formula is C23H22FNO4. The average Bonchev–Trinajstić information content (AvgIpc) is 2.77. The van der Waals surface area contributed by atoms with Crippen LogP contribution < -0.4 is 9.47 Å². The third-order valence-electron chi connectivity index (χ3n) is 5.43. The molecule has 0 fully saturated rings. The number of rotatable bonds is 4. The summed E-state index contributed by atoms with van der Waals surface area (Å²) in [5, 5.41) is 0. The first kappa shape index (κ1) is 19.1. The van der Waals surface area contributed by atoms with Gasteiger partial charge < -0.3 is 19.1 Å². The zero-order valence-corrected chi connectivity index (χ0v) is 16.6. The van der Waals surface area contributed by atoms with Crippen LogP contribution in [0.25, 0.3) is 5.70 Å². The lowest BCUT2D eigenvalue weighted by atomic mass is 9.82. The van der Waals surface area contributed by atoms with Gasteiger partial charge in [-0.3, -0.25) is 0 Å². The second-order valence-corrected chi connectivity index (χ2v) is 6.93. The molecule has 0 bridgehead atoms. The Balaban J connectivity index is 1.94. The predicted octanol–water partition coefficient (Wildman–Crippen LogP) is 3.90. The SMILES string of the molecule is COC(=O)C1=C2c3cc(OC)c(OC)cc3CCN2C=C[C@H]1c1ccc(F)cc1. The second-order valence-electron chi connectivity index (χ2n) is 6.93. The first-order valence-corrected chi connectivity index (χ1v) is 9.35. The minimum atomic E-state index is -0.411. The molecular weight excluding hydrogens is 373 g/mol. The van der Waals surface area contributed by atoms with E-state index in [2.05, 4.69) is 4.90 Å².